The fourth-order valence-electron chi connectivity index (χ4n) is 2.33. The Hall–Kier alpha value is -1.49. The molecule has 0 aromatic carbocycles. The minimum atomic E-state index is -0.863. The Balaban J connectivity index is 2.17. The van der Waals surface area contributed by atoms with Crippen molar-refractivity contribution in [1.82, 2.24) is 4.90 Å². The maximum Gasteiger partial charge on any atom is 0.308 e. The van der Waals surface area contributed by atoms with Crippen molar-refractivity contribution in [2.75, 3.05) is 6.54 Å². The molecule has 1 N–H and O–H groups in total. The van der Waals surface area contributed by atoms with Crippen molar-refractivity contribution >= 4 is 23.5 Å². The molecule has 0 radical (unpaired) electrons. The summed E-state index contributed by atoms with van der Waals surface area (Å²) < 4.78 is 5.07. The van der Waals surface area contributed by atoms with Crippen LogP contribution < -0.4 is 0 Å². The number of halogens is 1. The number of nitrogens with zero attached hydrogens (tertiary/aromatic N) is 1. The number of rotatable bonds is 2. The van der Waals surface area contributed by atoms with E-state index in [0.717, 1.165) is 0 Å². The zero-order chi connectivity index (χ0) is 13.3. The highest BCUT2D eigenvalue weighted by Crippen LogP contribution is 2.26. The molecule has 18 heavy (non-hydrogen) atoms. The second-order valence-electron chi connectivity index (χ2n) is 4.43. The number of likely N-dealkylation sites (tertiary alicyclic amines) is 1. The van der Waals surface area contributed by atoms with Crippen LogP contribution in [0.15, 0.2) is 16.5 Å². The van der Waals surface area contributed by atoms with Gasteiger partial charge in [-0.25, -0.2) is 0 Å². The lowest BCUT2D eigenvalue weighted by molar-refractivity contribution is -0.145. The van der Waals surface area contributed by atoms with Crippen LogP contribution in [0.3, 0.4) is 0 Å². The van der Waals surface area contributed by atoms with E-state index in [2.05, 4.69) is 0 Å². The molecule has 1 amide bonds. The molecule has 1 saturated heterocycles. The van der Waals surface area contributed by atoms with Crippen LogP contribution in [0, 0.1) is 5.92 Å². The smallest absolute Gasteiger partial charge is 0.308 e. The van der Waals surface area contributed by atoms with Crippen molar-refractivity contribution in [3.63, 3.8) is 0 Å². The number of furan rings is 1. The molecule has 2 atom stereocenters. The van der Waals surface area contributed by atoms with Crippen LogP contribution in [0.25, 0.3) is 0 Å². The quantitative estimate of drug-likeness (QED) is 0.896. The van der Waals surface area contributed by atoms with E-state index in [9.17, 15) is 9.59 Å². The van der Waals surface area contributed by atoms with Gasteiger partial charge in [-0.1, -0.05) is 0 Å². The molecule has 0 saturated carbocycles. The molecular weight excluding hydrogens is 258 g/mol. The van der Waals surface area contributed by atoms with Crippen LogP contribution >= 0.6 is 11.6 Å². The zero-order valence-electron chi connectivity index (χ0n) is 9.93. The summed E-state index contributed by atoms with van der Waals surface area (Å²) in [6.45, 7) is 2.29. The Morgan fingerprint density at radius 2 is 2.22 bits per heavy atom. The van der Waals surface area contributed by atoms with Gasteiger partial charge in [-0.05, 0) is 43.5 Å². The number of carbonyl (C=O) groups excluding carboxylic acids is 1. The van der Waals surface area contributed by atoms with Crippen LogP contribution in [-0.4, -0.2) is 34.5 Å². The lowest BCUT2D eigenvalue weighted by Gasteiger charge is -2.36. The first kappa shape index (κ1) is 13.0. The minimum Gasteiger partial charge on any atom is -0.481 e. The van der Waals surface area contributed by atoms with E-state index in [-0.39, 0.29) is 22.9 Å². The topological polar surface area (TPSA) is 70.8 Å². The predicted molar refractivity (Wildman–Crippen MR) is 64.6 cm³/mol. The maximum absolute atomic E-state index is 12.2. The van der Waals surface area contributed by atoms with Crippen LogP contribution in [0.4, 0.5) is 0 Å². The lowest BCUT2D eigenvalue weighted by Crippen LogP contribution is -2.49. The van der Waals surface area contributed by atoms with Gasteiger partial charge in [0.25, 0.3) is 5.91 Å². The molecule has 1 fully saturated rings. The molecule has 98 valence electrons. The summed E-state index contributed by atoms with van der Waals surface area (Å²) >= 11 is 5.63. The van der Waals surface area contributed by atoms with E-state index < -0.39 is 11.9 Å². The minimum absolute atomic E-state index is 0.151. The molecule has 0 bridgehead atoms. The molecule has 1 aromatic heterocycles. The Bertz CT molecular complexity index is 470. The third-order valence-corrected chi connectivity index (χ3v) is 3.55. The Morgan fingerprint density at radius 3 is 2.78 bits per heavy atom. The van der Waals surface area contributed by atoms with Gasteiger partial charge in [0.2, 0.25) is 0 Å². The maximum atomic E-state index is 12.2. The van der Waals surface area contributed by atoms with Gasteiger partial charge >= 0.3 is 5.97 Å². The number of hydrogen-bond acceptors (Lipinski definition) is 3. The van der Waals surface area contributed by atoms with E-state index >= 15 is 0 Å². The highest BCUT2D eigenvalue weighted by molar-refractivity contribution is 6.29. The second-order valence-corrected chi connectivity index (χ2v) is 4.80. The largest absolute Gasteiger partial charge is 0.481 e. The van der Waals surface area contributed by atoms with E-state index in [1.54, 1.807) is 6.92 Å². The van der Waals surface area contributed by atoms with Crippen LogP contribution in [0.2, 0.25) is 5.22 Å². The molecule has 5 nitrogen and oxygen atoms in total. The average molecular weight is 272 g/mol. The van der Waals surface area contributed by atoms with Crippen LogP contribution in [-0.2, 0) is 4.79 Å². The number of carboxylic acid groups (broad SMARTS) is 1. The van der Waals surface area contributed by atoms with E-state index in [1.165, 1.54) is 17.0 Å². The number of carbonyl (C=O) groups is 2. The van der Waals surface area contributed by atoms with Gasteiger partial charge in [-0.2, -0.15) is 0 Å². The summed E-state index contributed by atoms with van der Waals surface area (Å²) in [5, 5.41) is 9.25. The average Bonchev–Trinajstić information content (AvgIpc) is 2.75. The monoisotopic (exact) mass is 271 g/mol. The number of piperidine rings is 1. The molecule has 1 aromatic rings. The third-order valence-electron chi connectivity index (χ3n) is 3.35. The fourth-order valence-corrected chi connectivity index (χ4v) is 2.48. The molecule has 1 aliphatic rings. The lowest BCUT2D eigenvalue weighted by atomic mass is 9.90. The van der Waals surface area contributed by atoms with Gasteiger partial charge < -0.3 is 14.4 Å². The van der Waals surface area contributed by atoms with E-state index in [4.69, 9.17) is 21.1 Å². The van der Waals surface area contributed by atoms with Crippen molar-refractivity contribution in [2.24, 2.45) is 5.92 Å². The third kappa shape index (κ3) is 2.36. The van der Waals surface area contributed by atoms with E-state index in [0.29, 0.717) is 19.4 Å². The van der Waals surface area contributed by atoms with Gasteiger partial charge in [0.15, 0.2) is 11.0 Å². The van der Waals surface area contributed by atoms with Gasteiger partial charge in [-0.3, -0.25) is 9.59 Å². The van der Waals surface area contributed by atoms with Gasteiger partial charge in [0.05, 0.1) is 5.92 Å². The van der Waals surface area contributed by atoms with Crippen molar-refractivity contribution in [2.45, 2.75) is 25.8 Å². The summed E-state index contributed by atoms with van der Waals surface area (Å²) in [5.74, 6) is -1.54. The standard InChI is InChI=1S/C12H14ClNO4/c1-7-8(12(16)17)3-2-6-14(7)11(15)9-4-5-10(13)18-9/h4-5,7-8H,2-3,6H2,1H3,(H,16,17)/t7-,8-/m1/s1. The molecule has 6 heteroatoms. The molecular formula is C12H14ClNO4. The SMILES string of the molecule is C[C@@H]1[C@H](C(=O)O)CCCN1C(=O)c1ccc(Cl)o1. The number of hydrogen-bond donors (Lipinski definition) is 1. The summed E-state index contributed by atoms with van der Waals surface area (Å²) in [6, 6.07) is 2.66. The number of carboxylic acids is 1. The second kappa shape index (κ2) is 5.02. The Labute approximate surface area is 109 Å². The first-order valence-electron chi connectivity index (χ1n) is 5.80. The normalized spacial score (nSPS) is 24.0. The number of aliphatic carboxylic acids is 1. The van der Waals surface area contributed by atoms with Gasteiger partial charge in [0.1, 0.15) is 0 Å². The zero-order valence-corrected chi connectivity index (χ0v) is 10.7. The molecule has 0 spiro atoms. The Kier molecular flexibility index (Phi) is 3.61. The van der Waals surface area contributed by atoms with Crippen molar-refractivity contribution < 1.29 is 19.1 Å². The Morgan fingerprint density at radius 1 is 1.50 bits per heavy atom. The highest BCUT2D eigenvalue weighted by Gasteiger charge is 2.36. The van der Waals surface area contributed by atoms with E-state index in [1.807, 2.05) is 0 Å². The predicted octanol–water partition coefficient (Wildman–Crippen LogP) is 2.26. The molecule has 0 unspecified atom stereocenters. The van der Waals surface area contributed by atoms with Crippen molar-refractivity contribution in [3.8, 4) is 0 Å². The van der Waals surface area contributed by atoms with Gasteiger partial charge in [-0.15, -0.1) is 0 Å². The molecule has 2 rings (SSSR count). The molecule has 2 heterocycles. The van der Waals surface area contributed by atoms with Crippen LogP contribution in [0.5, 0.6) is 0 Å². The number of amides is 1. The van der Waals surface area contributed by atoms with Crippen LogP contribution in [0.1, 0.15) is 30.3 Å². The summed E-state index contributed by atoms with van der Waals surface area (Å²) in [6.07, 6.45) is 1.28. The van der Waals surface area contributed by atoms with Crippen molar-refractivity contribution in [1.29, 1.82) is 0 Å². The van der Waals surface area contributed by atoms with Crippen molar-refractivity contribution in [3.05, 3.63) is 23.1 Å². The molecule has 0 aliphatic carbocycles. The van der Waals surface area contributed by atoms with Gasteiger partial charge in [0, 0.05) is 12.6 Å². The molecule has 1 aliphatic heterocycles. The summed E-state index contributed by atoms with van der Waals surface area (Å²) in [7, 11) is 0. The highest BCUT2D eigenvalue weighted by atomic mass is 35.5. The summed E-state index contributed by atoms with van der Waals surface area (Å²) in [5.41, 5.74) is 0. The fraction of sp³-hybridized carbons (Fsp3) is 0.500. The summed E-state index contributed by atoms with van der Waals surface area (Å²) in [4.78, 5) is 24.8. The first-order chi connectivity index (χ1) is 8.50. The first-order valence-corrected chi connectivity index (χ1v) is 6.17.